The molecule has 3 heterocycles. The first kappa shape index (κ1) is 19.3. The number of benzene rings is 1. The smallest absolute Gasteiger partial charge is 0.240 e. The third-order valence-corrected chi connectivity index (χ3v) is 6.91. The fraction of sp³-hybridized carbons (Fsp3) is 0.391. The fourth-order valence-corrected chi connectivity index (χ4v) is 5.18. The highest BCUT2D eigenvalue weighted by Crippen LogP contribution is 2.44. The first-order chi connectivity index (χ1) is 14.8. The number of amides is 1. The molecule has 1 atom stereocenters. The number of hydrogen-bond donors (Lipinski definition) is 0. The van der Waals surface area contributed by atoms with Crippen LogP contribution in [0.25, 0.3) is 11.4 Å². The quantitative estimate of drug-likeness (QED) is 0.550. The summed E-state index contributed by atoms with van der Waals surface area (Å²) in [6.45, 7) is 1.69. The van der Waals surface area contributed by atoms with E-state index in [1.54, 1.807) is 6.20 Å². The van der Waals surface area contributed by atoms with Crippen LogP contribution >= 0.6 is 11.8 Å². The topological polar surface area (TPSA) is 63.9 Å². The second-order valence-electron chi connectivity index (χ2n) is 7.94. The van der Waals surface area contributed by atoms with Gasteiger partial charge >= 0.3 is 0 Å². The van der Waals surface area contributed by atoms with Gasteiger partial charge in [0.25, 0.3) is 0 Å². The molecule has 1 saturated carbocycles. The van der Waals surface area contributed by atoms with Crippen molar-refractivity contribution in [2.24, 2.45) is 0 Å². The molecule has 1 saturated heterocycles. The zero-order valence-corrected chi connectivity index (χ0v) is 17.7. The lowest BCUT2D eigenvalue weighted by Crippen LogP contribution is -2.38. The molecule has 2 aromatic heterocycles. The van der Waals surface area contributed by atoms with E-state index < -0.39 is 0 Å². The average molecular weight is 420 g/mol. The van der Waals surface area contributed by atoms with Crippen LogP contribution in [0.4, 0.5) is 0 Å². The molecule has 2 aliphatic rings. The average Bonchev–Trinajstić information content (AvgIpc) is 3.58. The molecular weight excluding hydrogens is 394 g/mol. The molecule has 30 heavy (non-hydrogen) atoms. The van der Waals surface area contributed by atoms with Gasteiger partial charge in [0.05, 0.1) is 0 Å². The van der Waals surface area contributed by atoms with E-state index in [-0.39, 0.29) is 11.2 Å². The van der Waals surface area contributed by atoms with Gasteiger partial charge < -0.3 is 4.90 Å². The Morgan fingerprint density at radius 3 is 2.50 bits per heavy atom. The van der Waals surface area contributed by atoms with Crippen molar-refractivity contribution in [3.8, 4) is 11.4 Å². The van der Waals surface area contributed by atoms with Crippen LogP contribution in [-0.4, -0.2) is 43.6 Å². The number of hydrogen-bond acceptors (Lipinski definition) is 5. The van der Waals surface area contributed by atoms with E-state index in [9.17, 15) is 4.79 Å². The van der Waals surface area contributed by atoms with Gasteiger partial charge in [0.2, 0.25) is 5.91 Å². The van der Waals surface area contributed by atoms with E-state index in [4.69, 9.17) is 0 Å². The molecule has 5 rings (SSSR count). The number of pyridine rings is 1. The van der Waals surface area contributed by atoms with Crippen LogP contribution in [0.3, 0.4) is 0 Å². The Bertz CT molecular complexity index is 997. The van der Waals surface area contributed by atoms with E-state index in [0.717, 1.165) is 60.9 Å². The summed E-state index contributed by atoms with van der Waals surface area (Å²) in [5, 5.41) is 9.52. The molecule has 1 aromatic carbocycles. The lowest BCUT2D eigenvalue weighted by Gasteiger charge is -2.30. The molecule has 6 nitrogen and oxygen atoms in total. The predicted molar refractivity (Wildman–Crippen MR) is 117 cm³/mol. The van der Waals surface area contributed by atoms with Crippen LogP contribution in [0, 0.1) is 0 Å². The SMILES string of the molecule is O=C(C(Sc1nnc(-c2cccnc2)n1C1CC1)c1ccccc1)N1CCCCC1. The third kappa shape index (κ3) is 3.99. The third-order valence-electron chi connectivity index (χ3n) is 5.71. The Balaban J connectivity index is 1.49. The monoisotopic (exact) mass is 419 g/mol. The summed E-state index contributed by atoms with van der Waals surface area (Å²) in [5.74, 6) is 1.02. The predicted octanol–water partition coefficient (Wildman–Crippen LogP) is 4.52. The van der Waals surface area contributed by atoms with Gasteiger partial charge in [-0.25, -0.2) is 0 Å². The van der Waals surface area contributed by atoms with Crippen molar-refractivity contribution in [3.63, 3.8) is 0 Å². The molecule has 0 radical (unpaired) electrons. The summed E-state index contributed by atoms with van der Waals surface area (Å²) in [6, 6.07) is 14.4. The van der Waals surface area contributed by atoms with Crippen molar-refractivity contribution >= 4 is 17.7 Å². The molecule has 1 aliphatic heterocycles. The minimum atomic E-state index is -0.312. The standard InChI is InChI=1S/C23H25N5OS/c29-22(27-14-5-2-6-15-27)20(17-8-3-1-4-9-17)30-23-26-25-21(28(23)19-11-12-19)18-10-7-13-24-16-18/h1,3-4,7-10,13,16,19-20H,2,5-6,11-12,14-15H2. The maximum absolute atomic E-state index is 13.5. The van der Waals surface area contributed by atoms with E-state index >= 15 is 0 Å². The van der Waals surface area contributed by atoms with E-state index in [1.165, 1.54) is 18.2 Å². The summed E-state index contributed by atoms with van der Waals surface area (Å²) < 4.78 is 2.21. The number of nitrogens with zero attached hydrogens (tertiary/aromatic N) is 5. The van der Waals surface area contributed by atoms with Crippen LogP contribution < -0.4 is 0 Å². The minimum absolute atomic E-state index is 0.180. The van der Waals surface area contributed by atoms with E-state index in [0.29, 0.717) is 6.04 Å². The van der Waals surface area contributed by atoms with Crippen molar-refractivity contribution < 1.29 is 4.79 Å². The zero-order chi connectivity index (χ0) is 20.3. The lowest BCUT2D eigenvalue weighted by atomic mass is 10.1. The van der Waals surface area contributed by atoms with Gasteiger partial charge in [-0.15, -0.1) is 10.2 Å². The largest absolute Gasteiger partial charge is 0.341 e. The molecule has 0 N–H and O–H groups in total. The minimum Gasteiger partial charge on any atom is -0.341 e. The molecule has 3 aromatic rings. The molecule has 7 heteroatoms. The van der Waals surface area contributed by atoms with Crippen LogP contribution in [0.5, 0.6) is 0 Å². The number of rotatable bonds is 6. The Hall–Kier alpha value is -2.67. The Kier molecular flexibility index (Phi) is 5.53. The number of piperidine rings is 1. The van der Waals surface area contributed by atoms with Crippen molar-refractivity contribution in [3.05, 3.63) is 60.4 Å². The summed E-state index contributed by atoms with van der Waals surface area (Å²) in [4.78, 5) is 19.8. The molecular formula is C23H25N5OS. The summed E-state index contributed by atoms with van der Waals surface area (Å²) in [7, 11) is 0. The highest BCUT2D eigenvalue weighted by molar-refractivity contribution is 8.00. The molecule has 1 aliphatic carbocycles. The second kappa shape index (κ2) is 8.60. The molecule has 0 spiro atoms. The van der Waals surface area contributed by atoms with Crippen molar-refractivity contribution in [1.29, 1.82) is 0 Å². The molecule has 1 amide bonds. The highest BCUT2D eigenvalue weighted by Gasteiger charge is 2.34. The summed E-state index contributed by atoms with van der Waals surface area (Å²) >= 11 is 1.53. The maximum Gasteiger partial charge on any atom is 0.240 e. The van der Waals surface area contributed by atoms with Gasteiger partial charge in [0.1, 0.15) is 5.25 Å². The van der Waals surface area contributed by atoms with Crippen molar-refractivity contribution in [2.75, 3.05) is 13.1 Å². The number of carbonyl (C=O) groups is 1. The Morgan fingerprint density at radius 1 is 1.00 bits per heavy atom. The van der Waals surface area contributed by atoms with Gasteiger partial charge in [-0.2, -0.15) is 0 Å². The zero-order valence-electron chi connectivity index (χ0n) is 16.9. The van der Waals surface area contributed by atoms with Crippen LogP contribution in [-0.2, 0) is 4.79 Å². The van der Waals surface area contributed by atoms with Crippen molar-refractivity contribution in [2.45, 2.75) is 48.6 Å². The molecule has 2 fully saturated rings. The van der Waals surface area contributed by atoms with Gasteiger partial charge in [-0.05, 0) is 49.8 Å². The molecule has 154 valence electrons. The first-order valence-electron chi connectivity index (χ1n) is 10.7. The van der Waals surface area contributed by atoms with Crippen molar-refractivity contribution in [1.82, 2.24) is 24.6 Å². The van der Waals surface area contributed by atoms with Crippen LogP contribution in [0.15, 0.2) is 60.0 Å². The number of aromatic nitrogens is 4. The maximum atomic E-state index is 13.5. The number of carbonyl (C=O) groups excluding carboxylic acids is 1. The van der Waals surface area contributed by atoms with Gasteiger partial charge in [-0.3, -0.25) is 14.3 Å². The normalized spacial score (nSPS) is 17.7. The fourth-order valence-electron chi connectivity index (χ4n) is 3.99. The summed E-state index contributed by atoms with van der Waals surface area (Å²) in [6.07, 6.45) is 9.20. The number of thioether (sulfide) groups is 1. The second-order valence-corrected chi connectivity index (χ2v) is 9.02. The lowest BCUT2D eigenvalue weighted by molar-refractivity contribution is -0.131. The van der Waals surface area contributed by atoms with Gasteiger partial charge in [-0.1, -0.05) is 42.1 Å². The van der Waals surface area contributed by atoms with Gasteiger partial charge in [0.15, 0.2) is 11.0 Å². The first-order valence-corrected chi connectivity index (χ1v) is 11.5. The number of likely N-dealkylation sites (tertiary alicyclic amines) is 1. The van der Waals surface area contributed by atoms with Crippen LogP contribution in [0.1, 0.15) is 49.0 Å². The Morgan fingerprint density at radius 2 is 1.80 bits per heavy atom. The summed E-state index contributed by atoms with van der Waals surface area (Å²) in [5.41, 5.74) is 1.98. The van der Waals surface area contributed by atoms with E-state index in [2.05, 4.69) is 19.7 Å². The molecule has 1 unspecified atom stereocenters. The Labute approximate surface area is 180 Å². The van der Waals surface area contributed by atoms with Gasteiger partial charge in [0, 0.05) is 37.1 Å². The van der Waals surface area contributed by atoms with E-state index in [1.807, 2.05) is 53.6 Å². The molecule has 0 bridgehead atoms. The highest BCUT2D eigenvalue weighted by atomic mass is 32.2. The van der Waals surface area contributed by atoms with Crippen LogP contribution in [0.2, 0.25) is 0 Å².